The Bertz CT molecular complexity index is 1470. The van der Waals surface area contributed by atoms with Crippen LogP contribution < -0.4 is 26.9 Å². The SMILES string of the molecule is CC.CCC(Nc1ncnc2nc[nH]c12)c1nc2c(c(=O)n1Nc1ccccc1)=CC=CCC=2. The van der Waals surface area contributed by atoms with Gasteiger partial charge in [-0.05, 0) is 31.1 Å². The summed E-state index contributed by atoms with van der Waals surface area (Å²) in [6.07, 6.45) is 12.1. The molecule has 1 aliphatic rings. The van der Waals surface area contributed by atoms with Crippen LogP contribution in [0.1, 0.15) is 45.5 Å². The fourth-order valence-electron chi connectivity index (χ4n) is 3.67. The number of allylic oxidation sites excluding steroid dienone is 2. The molecule has 174 valence electrons. The maximum absolute atomic E-state index is 13.5. The number of hydrogen-bond donors (Lipinski definition) is 3. The van der Waals surface area contributed by atoms with Gasteiger partial charge in [0.05, 0.1) is 28.6 Å². The second kappa shape index (κ2) is 10.6. The fraction of sp³-hybridized carbons (Fsp3) is 0.240. The Labute approximate surface area is 197 Å². The minimum Gasteiger partial charge on any atom is -0.358 e. The van der Waals surface area contributed by atoms with E-state index < -0.39 is 0 Å². The van der Waals surface area contributed by atoms with E-state index in [1.807, 2.05) is 75.4 Å². The molecular weight excluding hydrogens is 428 g/mol. The smallest absolute Gasteiger partial charge is 0.280 e. The first kappa shape index (κ1) is 22.9. The van der Waals surface area contributed by atoms with Gasteiger partial charge in [0.25, 0.3) is 5.56 Å². The van der Waals surface area contributed by atoms with Crippen molar-refractivity contribution in [3.63, 3.8) is 0 Å². The van der Waals surface area contributed by atoms with E-state index in [0.717, 1.165) is 12.1 Å². The van der Waals surface area contributed by atoms with Gasteiger partial charge in [0.1, 0.15) is 11.8 Å². The zero-order chi connectivity index (χ0) is 23.9. The van der Waals surface area contributed by atoms with E-state index in [1.54, 1.807) is 6.33 Å². The maximum atomic E-state index is 13.5. The molecule has 0 aliphatic heterocycles. The van der Waals surface area contributed by atoms with Crippen molar-refractivity contribution in [3.05, 3.63) is 81.9 Å². The first-order valence-corrected chi connectivity index (χ1v) is 11.5. The lowest BCUT2D eigenvalue weighted by molar-refractivity contribution is 0.625. The molecule has 1 aromatic carbocycles. The van der Waals surface area contributed by atoms with Gasteiger partial charge in [-0.25, -0.2) is 24.6 Å². The van der Waals surface area contributed by atoms with E-state index in [1.165, 1.54) is 11.0 Å². The molecule has 0 spiro atoms. The van der Waals surface area contributed by atoms with Crippen molar-refractivity contribution >= 4 is 34.8 Å². The highest BCUT2D eigenvalue weighted by atomic mass is 16.1. The summed E-state index contributed by atoms with van der Waals surface area (Å²) in [6.45, 7) is 6.03. The third kappa shape index (κ3) is 4.59. The van der Waals surface area contributed by atoms with Gasteiger partial charge in [0.15, 0.2) is 17.3 Å². The summed E-state index contributed by atoms with van der Waals surface area (Å²) in [7, 11) is 0. The zero-order valence-electron chi connectivity index (χ0n) is 19.5. The molecule has 0 saturated heterocycles. The summed E-state index contributed by atoms with van der Waals surface area (Å²) < 4.78 is 1.52. The highest BCUT2D eigenvalue weighted by Gasteiger charge is 2.20. The summed E-state index contributed by atoms with van der Waals surface area (Å²) in [6, 6.07) is 9.28. The van der Waals surface area contributed by atoms with Crippen LogP contribution in [0, 0.1) is 0 Å². The highest BCUT2D eigenvalue weighted by molar-refractivity contribution is 5.82. The molecule has 3 heterocycles. The van der Waals surface area contributed by atoms with E-state index >= 15 is 0 Å². The first-order chi connectivity index (χ1) is 16.7. The number of H-pyrrole nitrogens is 1. The molecule has 0 fully saturated rings. The van der Waals surface area contributed by atoms with Gasteiger partial charge >= 0.3 is 0 Å². The van der Waals surface area contributed by atoms with E-state index in [4.69, 9.17) is 4.98 Å². The predicted octanol–water partition coefficient (Wildman–Crippen LogP) is 2.90. The minimum absolute atomic E-state index is 0.161. The van der Waals surface area contributed by atoms with Crippen LogP contribution in [0.3, 0.4) is 0 Å². The van der Waals surface area contributed by atoms with E-state index in [0.29, 0.717) is 39.8 Å². The normalized spacial score (nSPS) is 12.9. The molecule has 1 aliphatic carbocycles. The number of imidazole rings is 1. The summed E-state index contributed by atoms with van der Waals surface area (Å²) in [5, 5.41) is 4.66. The largest absolute Gasteiger partial charge is 0.358 e. The molecule has 3 N–H and O–H groups in total. The fourth-order valence-corrected chi connectivity index (χ4v) is 3.67. The van der Waals surface area contributed by atoms with Gasteiger partial charge in [-0.15, -0.1) is 0 Å². The zero-order valence-corrected chi connectivity index (χ0v) is 19.5. The van der Waals surface area contributed by atoms with Crippen LogP contribution in [0.5, 0.6) is 0 Å². The second-order valence-corrected chi connectivity index (χ2v) is 7.35. The molecular formula is C25H28N8O. The Morgan fingerprint density at radius 1 is 1.15 bits per heavy atom. The highest BCUT2D eigenvalue weighted by Crippen LogP contribution is 2.22. The Morgan fingerprint density at radius 3 is 2.76 bits per heavy atom. The lowest BCUT2D eigenvalue weighted by Crippen LogP contribution is -2.51. The monoisotopic (exact) mass is 456 g/mol. The van der Waals surface area contributed by atoms with Crippen LogP contribution in [0.25, 0.3) is 23.3 Å². The van der Waals surface area contributed by atoms with Crippen molar-refractivity contribution in [1.29, 1.82) is 0 Å². The molecule has 9 heteroatoms. The van der Waals surface area contributed by atoms with E-state index in [-0.39, 0.29) is 11.6 Å². The molecule has 3 aromatic heterocycles. The Balaban J connectivity index is 0.00000133. The van der Waals surface area contributed by atoms with Crippen LogP contribution in [0.4, 0.5) is 11.5 Å². The summed E-state index contributed by atoms with van der Waals surface area (Å²) >= 11 is 0. The van der Waals surface area contributed by atoms with Gasteiger partial charge in [-0.1, -0.05) is 57.2 Å². The van der Waals surface area contributed by atoms with Crippen LogP contribution in [-0.4, -0.2) is 29.6 Å². The average molecular weight is 457 g/mol. The van der Waals surface area contributed by atoms with Crippen molar-refractivity contribution in [2.24, 2.45) is 0 Å². The number of aromatic amines is 1. The van der Waals surface area contributed by atoms with E-state index in [9.17, 15) is 4.79 Å². The van der Waals surface area contributed by atoms with Crippen LogP contribution in [0.2, 0.25) is 0 Å². The van der Waals surface area contributed by atoms with Crippen molar-refractivity contribution in [2.75, 3.05) is 10.7 Å². The number of anilines is 2. The number of benzene rings is 1. The summed E-state index contributed by atoms with van der Waals surface area (Å²) in [5.74, 6) is 1.17. The topological polar surface area (TPSA) is 113 Å². The van der Waals surface area contributed by atoms with Crippen molar-refractivity contribution < 1.29 is 0 Å². The molecule has 0 bridgehead atoms. The van der Waals surface area contributed by atoms with Gasteiger partial charge in [-0.3, -0.25) is 10.2 Å². The third-order valence-corrected chi connectivity index (χ3v) is 5.29. The molecule has 0 saturated carbocycles. The second-order valence-electron chi connectivity index (χ2n) is 7.35. The molecule has 5 rings (SSSR count). The molecule has 0 amide bonds. The quantitative estimate of drug-likeness (QED) is 0.409. The minimum atomic E-state index is -0.296. The van der Waals surface area contributed by atoms with Crippen LogP contribution >= 0.6 is 0 Å². The van der Waals surface area contributed by atoms with E-state index in [2.05, 4.69) is 30.7 Å². The predicted molar refractivity (Wildman–Crippen MR) is 136 cm³/mol. The molecule has 34 heavy (non-hydrogen) atoms. The Hall–Kier alpha value is -4.27. The lowest BCUT2D eigenvalue weighted by Gasteiger charge is -2.22. The number of aromatic nitrogens is 6. The van der Waals surface area contributed by atoms with Crippen LogP contribution in [0.15, 0.2) is 59.9 Å². The lowest BCUT2D eigenvalue weighted by atomic mass is 10.2. The van der Waals surface area contributed by atoms with Crippen molar-refractivity contribution in [3.8, 4) is 0 Å². The van der Waals surface area contributed by atoms with Gasteiger partial charge in [0.2, 0.25) is 0 Å². The molecule has 4 aromatic rings. The Morgan fingerprint density at radius 2 is 1.97 bits per heavy atom. The van der Waals surface area contributed by atoms with Gasteiger partial charge in [-0.2, -0.15) is 0 Å². The Kier molecular flexibility index (Phi) is 7.12. The molecule has 0 radical (unpaired) electrons. The molecule has 1 atom stereocenters. The standard InChI is InChI=1S/C23H22N8O.C2H6/c1-2-17(28-21-19-20(25-13-24-19)26-14-27-21)22-29-18-12-8-4-7-11-16(18)23(32)31(22)30-15-9-5-3-6-10-15;1-2/h3-7,9-14,17,30H,2,8H2,1H3,(H2,24,25,26,27,28);1-2H3. The summed E-state index contributed by atoms with van der Waals surface area (Å²) in [5.41, 5.74) is 5.14. The third-order valence-electron chi connectivity index (χ3n) is 5.29. The van der Waals surface area contributed by atoms with Gasteiger partial charge < -0.3 is 10.3 Å². The number of nitrogens with zero attached hydrogens (tertiary/aromatic N) is 5. The summed E-state index contributed by atoms with van der Waals surface area (Å²) in [4.78, 5) is 34.3. The number of fused-ring (bicyclic) bond motifs is 2. The van der Waals surface area contributed by atoms with Crippen LogP contribution in [-0.2, 0) is 0 Å². The average Bonchev–Trinajstić information content (AvgIpc) is 3.24. The maximum Gasteiger partial charge on any atom is 0.280 e. The number of hydrogen-bond acceptors (Lipinski definition) is 7. The number of rotatable bonds is 6. The molecule has 9 nitrogen and oxygen atoms in total. The number of nitrogens with one attached hydrogen (secondary N) is 3. The van der Waals surface area contributed by atoms with Gasteiger partial charge in [0, 0.05) is 0 Å². The first-order valence-electron chi connectivity index (χ1n) is 11.5. The van der Waals surface area contributed by atoms with Crippen molar-refractivity contribution in [2.45, 2.75) is 39.7 Å². The molecule has 1 unspecified atom stereocenters. The number of para-hydroxylation sites is 1. The van der Waals surface area contributed by atoms with Crippen molar-refractivity contribution in [1.82, 2.24) is 29.6 Å².